The third kappa shape index (κ3) is 6.06. The lowest BCUT2D eigenvalue weighted by molar-refractivity contribution is -0.132. The molecular weight excluding hydrogens is 500 g/mol. The van der Waals surface area contributed by atoms with Crippen LogP contribution in [0.5, 0.6) is 5.75 Å². The van der Waals surface area contributed by atoms with E-state index in [2.05, 4.69) is 25.7 Å². The van der Waals surface area contributed by atoms with E-state index in [1.807, 2.05) is 56.3 Å². The molecule has 0 spiro atoms. The van der Waals surface area contributed by atoms with Gasteiger partial charge in [-0.25, -0.2) is 0 Å². The largest absolute Gasteiger partial charge is 0.507 e. The van der Waals surface area contributed by atoms with Gasteiger partial charge < -0.3 is 14.7 Å². The van der Waals surface area contributed by atoms with Gasteiger partial charge in [0.15, 0.2) is 0 Å². The lowest BCUT2D eigenvalue weighted by atomic mass is 9.94. The summed E-state index contributed by atoms with van der Waals surface area (Å²) in [4.78, 5) is 30.9. The van der Waals surface area contributed by atoms with Crippen LogP contribution in [0.3, 0.4) is 0 Å². The summed E-state index contributed by atoms with van der Waals surface area (Å²) in [5, 5.41) is 11.5. The fourth-order valence-corrected chi connectivity index (χ4v) is 5.37. The van der Waals surface area contributed by atoms with E-state index in [1.54, 1.807) is 24.3 Å². The standard InChI is InChI=1S/C34H40N2O4/c1-6-9-10-19-40-29-17-13-26(14-18-29)32(37)30-31(25-11-15-27(16-12-25)35(7-2)8-3)36(34(39)33(30)38)28-21-23(4)20-24(5)22-28/h11-18,20-22,31,37H,6-10,19H2,1-5H3/b32-30+. The van der Waals surface area contributed by atoms with Crippen molar-refractivity contribution >= 4 is 28.8 Å². The number of nitrogens with zero attached hydrogens (tertiary/aromatic N) is 2. The van der Waals surface area contributed by atoms with Crippen LogP contribution >= 0.6 is 0 Å². The summed E-state index contributed by atoms with van der Waals surface area (Å²) in [5.41, 5.74) is 4.97. The number of anilines is 2. The van der Waals surface area contributed by atoms with Crippen molar-refractivity contribution in [3.8, 4) is 5.75 Å². The molecule has 1 fully saturated rings. The van der Waals surface area contributed by atoms with Crippen LogP contribution in [0.2, 0.25) is 0 Å². The van der Waals surface area contributed by atoms with E-state index in [0.29, 0.717) is 23.6 Å². The highest BCUT2D eigenvalue weighted by Crippen LogP contribution is 2.43. The molecule has 0 radical (unpaired) electrons. The van der Waals surface area contributed by atoms with Crippen LogP contribution < -0.4 is 14.5 Å². The fourth-order valence-electron chi connectivity index (χ4n) is 5.37. The summed E-state index contributed by atoms with van der Waals surface area (Å²) >= 11 is 0. The maximum atomic E-state index is 13.6. The van der Waals surface area contributed by atoms with Gasteiger partial charge in [0.25, 0.3) is 11.7 Å². The molecule has 1 amide bonds. The number of hydrogen-bond donors (Lipinski definition) is 1. The molecule has 40 heavy (non-hydrogen) atoms. The zero-order chi connectivity index (χ0) is 28.8. The first-order chi connectivity index (χ1) is 19.3. The quantitative estimate of drug-likeness (QED) is 0.119. The number of benzene rings is 3. The van der Waals surface area contributed by atoms with E-state index >= 15 is 0 Å². The van der Waals surface area contributed by atoms with Gasteiger partial charge in [-0.2, -0.15) is 0 Å². The van der Waals surface area contributed by atoms with Crippen LogP contribution in [0.1, 0.15) is 68.3 Å². The maximum absolute atomic E-state index is 13.6. The second-order valence-electron chi connectivity index (χ2n) is 10.4. The number of hydrogen-bond acceptors (Lipinski definition) is 5. The normalized spacial score (nSPS) is 16.4. The van der Waals surface area contributed by atoms with Crippen LogP contribution in [0, 0.1) is 13.8 Å². The summed E-state index contributed by atoms with van der Waals surface area (Å²) in [6, 6.07) is 20.0. The zero-order valence-electron chi connectivity index (χ0n) is 24.2. The van der Waals surface area contributed by atoms with E-state index in [4.69, 9.17) is 4.74 Å². The van der Waals surface area contributed by atoms with Crippen molar-refractivity contribution in [1.29, 1.82) is 0 Å². The molecule has 1 heterocycles. The predicted molar refractivity (Wildman–Crippen MR) is 162 cm³/mol. The Morgan fingerprint density at radius 2 is 1.50 bits per heavy atom. The monoisotopic (exact) mass is 540 g/mol. The van der Waals surface area contributed by atoms with Crippen molar-refractivity contribution in [3.63, 3.8) is 0 Å². The number of aryl methyl sites for hydroxylation is 2. The Kier molecular flexibility index (Phi) is 9.30. The lowest BCUT2D eigenvalue weighted by Crippen LogP contribution is -2.29. The van der Waals surface area contributed by atoms with Crippen LogP contribution in [-0.2, 0) is 9.59 Å². The van der Waals surface area contributed by atoms with Crippen molar-refractivity contribution < 1.29 is 19.4 Å². The van der Waals surface area contributed by atoms with E-state index in [0.717, 1.165) is 54.7 Å². The molecule has 0 saturated carbocycles. The second-order valence-corrected chi connectivity index (χ2v) is 10.4. The van der Waals surface area contributed by atoms with E-state index in [1.165, 1.54) is 4.90 Å². The molecule has 3 aromatic carbocycles. The number of unbranched alkanes of at least 4 members (excludes halogenated alkanes) is 2. The Balaban J connectivity index is 1.79. The minimum absolute atomic E-state index is 0.0800. The Morgan fingerprint density at radius 1 is 0.875 bits per heavy atom. The predicted octanol–water partition coefficient (Wildman–Crippen LogP) is 7.34. The Bertz CT molecular complexity index is 1350. The number of rotatable bonds is 11. The van der Waals surface area contributed by atoms with Gasteiger partial charge in [0.1, 0.15) is 11.5 Å². The number of aliphatic hydroxyl groups excluding tert-OH is 1. The number of ketones is 1. The molecule has 3 aromatic rings. The number of carbonyl (C=O) groups excluding carboxylic acids is 2. The van der Waals surface area contributed by atoms with E-state index in [-0.39, 0.29) is 11.3 Å². The molecule has 4 rings (SSSR count). The third-order valence-electron chi connectivity index (χ3n) is 7.41. The molecule has 210 valence electrons. The highest BCUT2D eigenvalue weighted by atomic mass is 16.5. The smallest absolute Gasteiger partial charge is 0.300 e. The molecule has 6 nitrogen and oxygen atoms in total. The molecule has 0 aliphatic carbocycles. The molecule has 1 unspecified atom stereocenters. The topological polar surface area (TPSA) is 70.1 Å². The molecule has 1 saturated heterocycles. The average molecular weight is 541 g/mol. The molecule has 0 aromatic heterocycles. The van der Waals surface area contributed by atoms with Gasteiger partial charge in [-0.05, 0) is 99.3 Å². The van der Waals surface area contributed by atoms with Gasteiger partial charge in [-0.1, -0.05) is 38.0 Å². The second kappa shape index (κ2) is 12.9. The Morgan fingerprint density at radius 3 is 2.08 bits per heavy atom. The summed E-state index contributed by atoms with van der Waals surface area (Å²) in [5.74, 6) is -0.845. The highest BCUT2D eigenvalue weighted by Gasteiger charge is 2.47. The van der Waals surface area contributed by atoms with Crippen LogP contribution in [-0.4, -0.2) is 36.5 Å². The van der Waals surface area contributed by atoms with Crippen molar-refractivity contribution in [3.05, 3.63) is 94.6 Å². The first-order valence-corrected chi connectivity index (χ1v) is 14.3. The van der Waals surface area contributed by atoms with Crippen molar-refractivity contribution in [2.45, 2.75) is 59.9 Å². The first-order valence-electron chi connectivity index (χ1n) is 14.3. The Hall–Kier alpha value is -4.06. The summed E-state index contributed by atoms with van der Waals surface area (Å²) < 4.78 is 5.81. The first kappa shape index (κ1) is 28.9. The van der Waals surface area contributed by atoms with Crippen molar-refractivity contribution in [2.75, 3.05) is 29.5 Å². The van der Waals surface area contributed by atoms with Crippen molar-refractivity contribution in [1.82, 2.24) is 0 Å². The van der Waals surface area contributed by atoms with Gasteiger partial charge in [0.05, 0.1) is 18.2 Å². The molecule has 1 aliphatic rings. The lowest BCUT2D eigenvalue weighted by Gasteiger charge is -2.27. The highest BCUT2D eigenvalue weighted by molar-refractivity contribution is 6.51. The third-order valence-corrected chi connectivity index (χ3v) is 7.41. The summed E-state index contributed by atoms with van der Waals surface area (Å²) in [7, 11) is 0. The zero-order valence-corrected chi connectivity index (χ0v) is 24.2. The van der Waals surface area contributed by atoms with Gasteiger partial charge in [-0.15, -0.1) is 0 Å². The van der Waals surface area contributed by atoms with Crippen LogP contribution in [0.4, 0.5) is 11.4 Å². The number of carbonyl (C=O) groups is 2. The maximum Gasteiger partial charge on any atom is 0.300 e. The minimum atomic E-state index is -0.767. The molecule has 1 N–H and O–H groups in total. The summed E-state index contributed by atoms with van der Waals surface area (Å²) in [6.07, 6.45) is 3.21. The molecule has 1 atom stereocenters. The number of amides is 1. The molecular formula is C34H40N2O4. The molecule has 0 bridgehead atoms. The average Bonchev–Trinajstić information content (AvgIpc) is 3.21. The minimum Gasteiger partial charge on any atom is -0.507 e. The number of Topliss-reactive ketones (excluding diaryl/α,β-unsaturated/α-hetero) is 1. The molecule has 6 heteroatoms. The number of aliphatic hydroxyl groups is 1. The van der Waals surface area contributed by atoms with Gasteiger partial charge >= 0.3 is 0 Å². The van der Waals surface area contributed by atoms with Crippen LogP contribution in [0.15, 0.2) is 72.3 Å². The summed E-state index contributed by atoms with van der Waals surface area (Å²) in [6.45, 7) is 12.7. The fraction of sp³-hybridized carbons (Fsp3) is 0.353. The van der Waals surface area contributed by atoms with Gasteiger partial charge in [-0.3, -0.25) is 14.5 Å². The molecule has 1 aliphatic heterocycles. The van der Waals surface area contributed by atoms with Crippen molar-refractivity contribution in [2.24, 2.45) is 0 Å². The van der Waals surface area contributed by atoms with E-state index in [9.17, 15) is 14.7 Å². The SMILES string of the molecule is CCCCCOc1ccc(/C(O)=C2\C(=O)C(=O)N(c3cc(C)cc(C)c3)C2c2ccc(N(CC)CC)cc2)cc1. The Labute approximate surface area is 237 Å². The van der Waals surface area contributed by atoms with Gasteiger partial charge in [0.2, 0.25) is 0 Å². The van der Waals surface area contributed by atoms with E-state index < -0.39 is 17.7 Å². The van der Waals surface area contributed by atoms with Crippen LogP contribution in [0.25, 0.3) is 5.76 Å². The van der Waals surface area contributed by atoms with Gasteiger partial charge in [0, 0.05) is 30.0 Å². The number of ether oxygens (including phenoxy) is 1.